The number of halogens is 3. The van der Waals surface area contributed by atoms with Crippen molar-refractivity contribution in [3.8, 4) is 0 Å². The van der Waals surface area contributed by atoms with Gasteiger partial charge in [-0.15, -0.1) is 37.2 Å². The summed E-state index contributed by atoms with van der Waals surface area (Å²) in [5.41, 5.74) is 17.1. The minimum absolute atomic E-state index is 0. The molecule has 2 atom stereocenters. The second-order valence-electron chi connectivity index (χ2n) is 4.86. The summed E-state index contributed by atoms with van der Waals surface area (Å²) >= 11 is 0. The van der Waals surface area contributed by atoms with Gasteiger partial charge < -0.3 is 27.4 Å². The molecule has 9 heteroatoms. The summed E-state index contributed by atoms with van der Waals surface area (Å²) in [7, 11) is 0. The molecule has 2 unspecified atom stereocenters. The lowest BCUT2D eigenvalue weighted by Gasteiger charge is -2.45. The number of amides is 1. The normalized spacial score (nSPS) is 19.7. The average Bonchev–Trinajstić information content (AvgIpc) is 2.47. The average molecular weight is 373 g/mol. The van der Waals surface area contributed by atoms with Crippen molar-refractivity contribution in [2.24, 2.45) is 17.2 Å². The molecule has 128 valence electrons. The summed E-state index contributed by atoms with van der Waals surface area (Å²) in [5.74, 6) is -0.565. The van der Waals surface area contributed by atoms with E-state index in [2.05, 4.69) is 10.2 Å². The van der Waals surface area contributed by atoms with E-state index in [-0.39, 0.29) is 49.8 Å². The molecular weight excluding hydrogens is 349 g/mol. The van der Waals surface area contributed by atoms with Crippen LogP contribution in [0.5, 0.6) is 0 Å². The van der Waals surface area contributed by atoms with Gasteiger partial charge in [0.1, 0.15) is 5.54 Å². The van der Waals surface area contributed by atoms with Crippen molar-refractivity contribution in [3.05, 3.63) is 30.3 Å². The van der Waals surface area contributed by atoms with Gasteiger partial charge >= 0.3 is 0 Å². The molecule has 1 aromatic rings. The summed E-state index contributed by atoms with van der Waals surface area (Å²) in [6.45, 7) is 2.22. The number of benzene rings is 1. The van der Waals surface area contributed by atoms with Crippen molar-refractivity contribution in [2.45, 2.75) is 11.6 Å². The van der Waals surface area contributed by atoms with Crippen molar-refractivity contribution in [2.75, 3.05) is 31.1 Å². The predicted octanol–water partition coefficient (Wildman–Crippen LogP) is -0.128. The number of anilines is 1. The zero-order valence-electron chi connectivity index (χ0n) is 12.1. The Labute approximate surface area is 149 Å². The van der Waals surface area contributed by atoms with E-state index in [1.54, 1.807) is 0 Å². The van der Waals surface area contributed by atoms with E-state index in [1.165, 1.54) is 0 Å². The van der Waals surface area contributed by atoms with E-state index in [9.17, 15) is 4.79 Å². The van der Waals surface area contributed by atoms with Gasteiger partial charge in [-0.05, 0) is 12.1 Å². The maximum Gasteiger partial charge on any atom is 0.241 e. The fraction of sp³-hybridized carbons (Fsp3) is 0.462. The highest BCUT2D eigenvalue weighted by molar-refractivity contribution is 5.86. The van der Waals surface area contributed by atoms with Gasteiger partial charge in [0.25, 0.3) is 0 Å². The molecule has 1 aromatic carbocycles. The van der Waals surface area contributed by atoms with E-state index >= 15 is 0 Å². The smallest absolute Gasteiger partial charge is 0.241 e. The highest BCUT2D eigenvalue weighted by atomic mass is 35.5. The lowest BCUT2D eigenvalue weighted by atomic mass is 9.87. The highest BCUT2D eigenvalue weighted by Gasteiger charge is 2.43. The largest absolute Gasteiger partial charge is 0.368 e. The maximum atomic E-state index is 11.7. The van der Waals surface area contributed by atoms with Crippen LogP contribution in [0.3, 0.4) is 0 Å². The molecule has 0 spiro atoms. The zero-order chi connectivity index (χ0) is 13.9. The summed E-state index contributed by atoms with van der Waals surface area (Å²) in [6, 6.07) is 9.62. The molecule has 1 amide bonds. The molecule has 1 fully saturated rings. The summed E-state index contributed by atoms with van der Waals surface area (Å²) < 4.78 is 0. The number of rotatable bonds is 4. The van der Waals surface area contributed by atoms with Crippen molar-refractivity contribution in [1.29, 1.82) is 0 Å². The van der Waals surface area contributed by atoms with Crippen LogP contribution in [0.25, 0.3) is 0 Å². The molecule has 2 rings (SSSR count). The van der Waals surface area contributed by atoms with Crippen LogP contribution in [0.1, 0.15) is 0 Å². The summed E-state index contributed by atoms with van der Waals surface area (Å²) in [6.07, 6.45) is 0. The van der Waals surface area contributed by atoms with Gasteiger partial charge in [0.2, 0.25) is 5.91 Å². The van der Waals surface area contributed by atoms with E-state index in [0.29, 0.717) is 6.54 Å². The molecule has 1 saturated heterocycles. The molecule has 0 radical (unpaired) electrons. The highest BCUT2D eigenvalue weighted by Crippen LogP contribution is 2.23. The summed E-state index contributed by atoms with van der Waals surface area (Å²) in [4.78, 5) is 13.8. The molecule has 1 heterocycles. The van der Waals surface area contributed by atoms with Crippen molar-refractivity contribution in [1.82, 2.24) is 5.32 Å². The first-order valence-corrected chi connectivity index (χ1v) is 6.41. The number of hydrogen-bond acceptors (Lipinski definition) is 5. The number of nitrogens with one attached hydrogen (secondary N) is 1. The van der Waals surface area contributed by atoms with E-state index < -0.39 is 11.4 Å². The topological polar surface area (TPSA) is 110 Å². The monoisotopic (exact) mass is 371 g/mol. The molecule has 7 N–H and O–H groups in total. The third-order valence-electron chi connectivity index (χ3n) is 3.72. The maximum absolute atomic E-state index is 11.7. The second kappa shape index (κ2) is 10.1. The number of para-hydroxylation sites is 1. The number of nitrogens with zero attached hydrogens (tertiary/aromatic N) is 1. The van der Waals surface area contributed by atoms with E-state index in [4.69, 9.17) is 17.2 Å². The van der Waals surface area contributed by atoms with Gasteiger partial charge in [0.05, 0.1) is 6.04 Å². The predicted molar refractivity (Wildman–Crippen MR) is 97.4 cm³/mol. The SMILES string of the molecule is Cl.Cl.Cl.NCC(N)(C(N)=O)C1CNCCN1c1ccccc1. The molecule has 1 aliphatic rings. The van der Waals surface area contributed by atoms with Gasteiger partial charge in [0.15, 0.2) is 0 Å². The summed E-state index contributed by atoms with van der Waals surface area (Å²) in [5, 5.41) is 3.24. The Balaban J connectivity index is 0. The molecule has 1 aliphatic heterocycles. The molecule has 0 aromatic heterocycles. The molecular formula is C13H24Cl3N5O. The molecule has 0 saturated carbocycles. The number of carbonyl (C=O) groups excluding carboxylic acids is 1. The van der Waals surface area contributed by atoms with Gasteiger partial charge in [-0.1, -0.05) is 18.2 Å². The number of nitrogens with two attached hydrogens (primary N) is 3. The number of primary amides is 1. The van der Waals surface area contributed by atoms with Crippen LogP contribution in [-0.2, 0) is 4.79 Å². The van der Waals surface area contributed by atoms with E-state index in [0.717, 1.165) is 18.8 Å². The van der Waals surface area contributed by atoms with E-state index in [1.807, 2.05) is 30.3 Å². The fourth-order valence-electron chi connectivity index (χ4n) is 2.49. The van der Waals surface area contributed by atoms with Gasteiger partial charge in [-0.2, -0.15) is 0 Å². The zero-order valence-corrected chi connectivity index (χ0v) is 14.6. The first-order chi connectivity index (χ1) is 9.09. The Morgan fingerprint density at radius 1 is 1.27 bits per heavy atom. The van der Waals surface area contributed by atoms with Crippen LogP contribution < -0.4 is 27.4 Å². The second-order valence-corrected chi connectivity index (χ2v) is 4.86. The molecule has 22 heavy (non-hydrogen) atoms. The Bertz CT molecular complexity index is 451. The van der Waals surface area contributed by atoms with Gasteiger partial charge in [-0.3, -0.25) is 4.79 Å². The van der Waals surface area contributed by atoms with Crippen molar-refractivity contribution >= 4 is 48.8 Å². The third kappa shape index (κ3) is 4.62. The quantitative estimate of drug-likeness (QED) is 0.588. The standard InChI is InChI=1S/C13H21N5O.3ClH/c14-9-13(16,12(15)19)11-8-17-6-7-18(11)10-4-2-1-3-5-10;;;/h1-5,11,17H,6-9,14,16H2,(H2,15,19);3*1H. The van der Waals surface area contributed by atoms with Crippen LogP contribution in [0.4, 0.5) is 5.69 Å². The molecule has 0 aliphatic carbocycles. The van der Waals surface area contributed by atoms with Crippen molar-refractivity contribution in [3.63, 3.8) is 0 Å². The van der Waals surface area contributed by atoms with Crippen LogP contribution in [0, 0.1) is 0 Å². The Kier molecular flexibility index (Phi) is 10.8. The first-order valence-electron chi connectivity index (χ1n) is 6.41. The Morgan fingerprint density at radius 2 is 1.86 bits per heavy atom. The first kappa shape index (κ1) is 23.5. The van der Waals surface area contributed by atoms with Gasteiger partial charge in [-0.25, -0.2) is 0 Å². The van der Waals surface area contributed by atoms with Crippen LogP contribution >= 0.6 is 37.2 Å². The third-order valence-corrected chi connectivity index (χ3v) is 3.72. The van der Waals surface area contributed by atoms with Crippen LogP contribution in [-0.4, -0.2) is 43.7 Å². The van der Waals surface area contributed by atoms with Crippen molar-refractivity contribution < 1.29 is 4.79 Å². The van der Waals surface area contributed by atoms with Crippen LogP contribution in [0.15, 0.2) is 30.3 Å². The molecule has 6 nitrogen and oxygen atoms in total. The van der Waals surface area contributed by atoms with Gasteiger partial charge in [0, 0.05) is 31.9 Å². The Morgan fingerprint density at radius 3 is 2.36 bits per heavy atom. The minimum atomic E-state index is -1.23. The minimum Gasteiger partial charge on any atom is -0.368 e. The Hall–Kier alpha value is -0.760. The molecule has 0 bridgehead atoms. The number of hydrogen-bond donors (Lipinski definition) is 4. The van der Waals surface area contributed by atoms with Crippen LogP contribution in [0.2, 0.25) is 0 Å². The fourth-order valence-corrected chi connectivity index (χ4v) is 2.49. The number of carbonyl (C=O) groups is 1. The lowest BCUT2D eigenvalue weighted by molar-refractivity contribution is -0.123. The lowest BCUT2D eigenvalue weighted by Crippen LogP contribution is -2.73. The number of piperazine rings is 1.